The van der Waals surface area contributed by atoms with Crippen molar-refractivity contribution in [3.8, 4) is 5.75 Å². The number of aromatic nitrogens is 2. The van der Waals surface area contributed by atoms with Crippen LogP contribution in [0.25, 0.3) is 0 Å². The van der Waals surface area contributed by atoms with Gasteiger partial charge >= 0.3 is 6.36 Å². The number of ether oxygens (including phenoxy) is 1. The van der Waals surface area contributed by atoms with E-state index in [9.17, 15) is 13.2 Å². The molecule has 3 aromatic rings. The zero-order valence-electron chi connectivity index (χ0n) is 13.6. The standard InChI is InChI=1S/C17H13ClF3N5O/c18-10-1-3-11(4-2-10)25-15-14(22)16(24-9-23-15)26-12-5-7-13(8-6-12)27-17(19,20)21/h1-9H,22H2,(H2,23,24,25,26). The van der Waals surface area contributed by atoms with Crippen molar-refractivity contribution in [2.75, 3.05) is 16.4 Å². The average molecular weight is 396 g/mol. The van der Waals surface area contributed by atoms with Gasteiger partial charge in [0, 0.05) is 16.4 Å². The lowest BCUT2D eigenvalue weighted by Gasteiger charge is -2.13. The van der Waals surface area contributed by atoms with E-state index in [1.807, 2.05) is 0 Å². The quantitative estimate of drug-likeness (QED) is 0.557. The molecular weight excluding hydrogens is 383 g/mol. The van der Waals surface area contributed by atoms with Crippen LogP contribution < -0.4 is 21.1 Å². The Hall–Kier alpha value is -3.20. The topological polar surface area (TPSA) is 85.1 Å². The van der Waals surface area contributed by atoms with Crippen LogP contribution >= 0.6 is 11.6 Å². The van der Waals surface area contributed by atoms with Crippen LogP contribution in [0.3, 0.4) is 0 Å². The van der Waals surface area contributed by atoms with Gasteiger partial charge in [-0.25, -0.2) is 9.97 Å². The largest absolute Gasteiger partial charge is 0.573 e. The molecule has 0 aliphatic rings. The number of nitrogens with two attached hydrogens (primary N) is 1. The van der Waals surface area contributed by atoms with E-state index in [1.165, 1.54) is 30.6 Å². The van der Waals surface area contributed by atoms with Crippen LogP contribution in [0.5, 0.6) is 5.75 Å². The van der Waals surface area contributed by atoms with Crippen LogP contribution in [-0.2, 0) is 0 Å². The molecule has 4 N–H and O–H groups in total. The van der Waals surface area contributed by atoms with Crippen LogP contribution in [0.2, 0.25) is 5.02 Å². The average Bonchev–Trinajstić information content (AvgIpc) is 2.61. The van der Waals surface area contributed by atoms with E-state index in [2.05, 4.69) is 25.3 Å². The van der Waals surface area contributed by atoms with Crippen molar-refractivity contribution in [3.63, 3.8) is 0 Å². The molecule has 140 valence electrons. The van der Waals surface area contributed by atoms with E-state index in [0.717, 1.165) is 5.69 Å². The van der Waals surface area contributed by atoms with E-state index in [1.54, 1.807) is 24.3 Å². The van der Waals surface area contributed by atoms with Crippen molar-refractivity contribution in [3.05, 3.63) is 59.9 Å². The van der Waals surface area contributed by atoms with Crippen LogP contribution in [-0.4, -0.2) is 16.3 Å². The lowest BCUT2D eigenvalue weighted by molar-refractivity contribution is -0.274. The Morgan fingerprint density at radius 1 is 0.852 bits per heavy atom. The zero-order valence-corrected chi connectivity index (χ0v) is 14.3. The Bertz CT molecular complexity index is 917. The second-order valence-corrected chi connectivity index (χ2v) is 5.75. The second-order valence-electron chi connectivity index (χ2n) is 5.31. The van der Waals surface area contributed by atoms with E-state index in [-0.39, 0.29) is 11.4 Å². The molecule has 1 heterocycles. The third-order valence-electron chi connectivity index (χ3n) is 3.34. The first-order valence-electron chi connectivity index (χ1n) is 7.56. The summed E-state index contributed by atoms with van der Waals surface area (Å²) in [6.45, 7) is 0. The van der Waals surface area contributed by atoms with Gasteiger partial charge in [-0.15, -0.1) is 13.2 Å². The number of nitrogens with zero attached hydrogens (tertiary/aromatic N) is 2. The fraction of sp³-hybridized carbons (Fsp3) is 0.0588. The van der Waals surface area contributed by atoms with Gasteiger partial charge in [-0.1, -0.05) is 11.6 Å². The van der Waals surface area contributed by atoms with E-state index in [4.69, 9.17) is 17.3 Å². The Labute approximate surface area is 157 Å². The third kappa shape index (κ3) is 5.14. The van der Waals surface area contributed by atoms with E-state index < -0.39 is 6.36 Å². The Kier molecular flexibility index (Phi) is 5.22. The van der Waals surface area contributed by atoms with Gasteiger partial charge in [0.05, 0.1) is 0 Å². The molecule has 0 radical (unpaired) electrons. The molecule has 0 aliphatic heterocycles. The first kappa shape index (κ1) is 18.6. The van der Waals surface area contributed by atoms with Crippen LogP contribution in [0, 0.1) is 0 Å². The summed E-state index contributed by atoms with van der Waals surface area (Å²) in [5, 5.41) is 6.56. The summed E-state index contributed by atoms with van der Waals surface area (Å²) < 4.78 is 40.4. The number of alkyl halides is 3. The maximum atomic E-state index is 12.2. The minimum Gasteiger partial charge on any atom is -0.406 e. The van der Waals surface area contributed by atoms with E-state index in [0.29, 0.717) is 22.3 Å². The first-order valence-corrected chi connectivity index (χ1v) is 7.94. The lowest BCUT2D eigenvalue weighted by Crippen LogP contribution is -2.17. The van der Waals surface area contributed by atoms with Crippen molar-refractivity contribution in [1.29, 1.82) is 0 Å². The van der Waals surface area contributed by atoms with E-state index >= 15 is 0 Å². The Morgan fingerprint density at radius 2 is 1.33 bits per heavy atom. The van der Waals surface area contributed by atoms with Gasteiger partial charge in [-0.3, -0.25) is 0 Å². The molecule has 27 heavy (non-hydrogen) atoms. The van der Waals surface area contributed by atoms with Crippen LogP contribution in [0.4, 0.5) is 41.9 Å². The van der Waals surface area contributed by atoms with Crippen LogP contribution in [0.1, 0.15) is 0 Å². The summed E-state index contributed by atoms with van der Waals surface area (Å²) in [6.07, 6.45) is -3.44. The van der Waals surface area contributed by atoms with Crippen LogP contribution in [0.15, 0.2) is 54.9 Å². The fourth-order valence-corrected chi connectivity index (χ4v) is 2.27. The molecule has 0 saturated carbocycles. The number of hydrogen-bond donors (Lipinski definition) is 3. The van der Waals surface area contributed by atoms with Gasteiger partial charge in [0.2, 0.25) is 0 Å². The number of nitrogen functional groups attached to an aromatic ring is 1. The third-order valence-corrected chi connectivity index (χ3v) is 3.59. The van der Waals surface area contributed by atoms with Gasteiger partial charge in [0.1, 0.15) is 17.8 Å². The maximum absolute atomic E-state index is 12.2. The Balaban J connectivity index is 1.74. The predicted molar refractivity (Wildman–Crippen MR) is 97.6 cm³/mol. The van der Waals surface area contributed by atoms with Crippen molar-refractivity contribution < 1.29 is 17.9 Å². The summed E-state index contributed by atoms with van der Waals surface area (Å²) >= 11 is 5.85. The predicted octanol–water partition coefficient (Wildman–Crippen LogP) is 5.10. The molecular formula is C17H13ClF3N5O. The summed E-state index contributed by atoms with van der Waals surface area (Å²) in [6, 6.07) is 12.1. The molecule has 0 spiro atoms. The molecule has 0 saturated heterocycles. The molecule has 0 aliphatic carbocycles. The molecule has 10 heteroatoms. The van der Waals surface area contributed by atoms with Gasteiger partial charge in [-0.2, -0.15) is 0 Å². The lowest BCUT2D eigenvalue weighted by atomic mass is 10.3. The normalized spacial score (nSPS) is 11.1. The number of anilines is 5. The van der Waals surface area contributed by atoms with Crippen molar-refractivity contribution in [2.45, 2.75) is 6.36 Å². The SMILES string of the molecule is Nc1c(Nc2ccc(Cl)cc2)ncnc1Nc1ccc(OC(F)(F)F)cc1. The van der Waals surface area contributed by atoms with Crippen molar-refractivity contribution in [2.24, 2.45) is 0 Å². The summed E-state index contributed by atoms with van der Waals surface area (Å²) in [5.41, 5.74) is 7.52. The van der Waals surface area contributed by atoms with Gasteiger partial charge in [-0.05, 0) is 48.5 Å². The van der Waals surface area contributed by atoms with Gasteiger partial charge in [0.15, 0.2) is 11.6 Å². The zero-order chi connectivity index (χ0) is 19.4. The maximum Gasteiger partial charge on any atom is 0.573 e. The Morgan fingerprint density at radius 3 is 1.81 bits per heavy atom. The monoisotopic (exact) mass is 395 g/mol. The number of nitrogens with one attached hydrogen (secondary N) is 2. The molecule has 0 bridgehead atoms. The van der Waals surface area contributed by atoms with Crippen molar-refractivity contribution >= 4 is 40.3 Å². The summed E-state index contributed by atoms with van der Waals surface area (Å²) in [4.78, 5) is 8.14. The molecule has 6 nitrogen and oxygen atoms in total. The number of hydrogen-bond acceptors (Lipinski definition) is 6. The number of rotatable bonds is 5. The molecule has 1 aromatic heterocycles. The highest BCUT2D eigenvalue weighted by Crippen LogP contribution is 2.30. The van der Waals surface area contributed by atoms with Gasteiger partial charge < -0.3 is 21.1 Å². The summed E-state index contributed by atoms with van der Waals surface area (Å²) in [5.74, 6) is 0.339. The smallest absolute Gasteiger partial charge is 0.406 e. The molecule has 0 unspecified atom stereocenters. The minimum atomic E-state index is -4.74. The number of halogens is 4. The second kappa shape index (κ2) is 7.58. The highest BCUT2D eigenvalue weighted by atomic mass is 35.5. The number of benzene rings is 2. The minimum absolute atomic E-state index is 0.239. The summed E-state index contributed by atoms with van der Waals surface area (Å²) in [7, 11) is 0. The molecule has 0 fully saturated rings. The first-order chi connectivity index (χ1) is 12.8. The molecule has 2 aromatic carbocycles. The molecule has 3 rings (SSSR count). The van der Waals surface area contributed by atoms with Crippen molar-refractivity contribution in [1.82, 2.24) is 9.97 Å². The molecule has 0 atom stereocenters. The molecule has 0 amide bonds. The highest BCUT2D eigenvalue weighted by Gasteiger charge is 2.30. The highest BCUT2D eigenvalue weighted by molar-refractivity contribution is 6.30. The fourth-order valence-electron chi connectivity index (χ4n) is 2.14. The van der Waals surface area contributed by atoms with Gasteiger partial charge in [0.25, 0.3) is 0 Å².